The third kappa shape index (κ3) is 4.75. The van der Waals surface area contributed by atoms with Crippen molar-refractivity contribution in [3.05, 3.63) is 78.1 Å². The summed E-state index contributed by atoms with van der Waals surface area (Å²) >= 11 is 0. The third-order valence-corrected chi connectivity index (χ3v) is 5.18. The van der Waals surface area contributed by atoms with Crippen LogP contribution in [-0.2, 0) is 12.0 Å². The molecular formula is C21H24FIN6. The van der Waals surface area contributed by atoms with E-state index in [-0.39, 0.29) is 35.2 Å². The second-order valence-electron chi connectivity index (χ2n) is 6.99. The maximum Gasteiger partial charge on any atom is 0.191 e. The minimum atomic E-state index is -0.146. The standard InChI is InChI=1S/C21H23FN6.HI/c1-23-20(25-14-21(11-12-21)17-9-5-6-10-18(17)22)24-13-19-27-26-15-28(19)16-7-3-2-4-8-16;/h2-10,15H,11-14H2,1H3,(H2,23,24,25);1H. The van der Waals surface area contributed by atoms with E-state index in [0.717, 1.165) is 29.9 Å². The minimum absolute atomic E-state index is 0. The minimum Gasteiger partial charge on any atom is -0.356 e. The molecule has 1 saturated carbocycles. The first kappa shape index (κ1) is 21.2. The molecular weight excluding hydrogens is 482 g/mol. The highest BCUT2D eigenvalue weighted by Crippen LogP contribution is 2.48. The highest BCUT2D eigenvalue weighted by atomic mass is 127. The van der Waals surface area contributed by atoms with Gasteiger partial charge in [-0.1, -0.05) is 36.4 Å². The molecule has 29 heavy (non-hydrogen) atoms. The quantitative estimate of drug-likeness (QED) is 0.306. The number of aromatic nitrogens is 3. The van der Waals surface area contributed by atoms with Gasteiger partial charge < -0.3 is 10.6 Å². The van der Waals surface area contributed by atoms with Gasteiger partial charge in [-0.25, -0.2) is 4.39 Å². The van der Waals surface area contributed by atoms with Gasteiger partial charge in [0.2, 0.25) is 0 Å². The average Bonchev–Trinajstić information content (AvgIpc) is 3.37. The molecule has 1 aromatic heterocycles. The fraction of sp³-hybridized carbons (Fsp3) is 0.286. The molecule has 4 rings (SSSR count). The Morgan fingerprint density at radius 3 is 2.52 bits per heavy atom. The van der Waals surface area contributed by atoms with Crippen molar-refractivity contribution in [3.63, 3.8) is 0 Å². The van der Waals surface area contributed by atoms with Crippen LogP contribution in [0.4, 0.5) is 4.39 Å². The molecule has 0 spiro atoms. The maximum absolute atomic E-state index is 14.2. The molecule has 8 heteroatoms. The Morgan fingerprint density at radius 1 is 1.10 bits per heavy atom. The van der Waals surface area contributed by atoms with Gasteiger partial charge in [0, 0.05) is 24.7 Å². The number of para-hydroxylation sites is 1. The van der Waals surface area contributed by atoms with Crippen molar-refractivity contribution < 1.29 is 4.39 Å². The topological polar surface area (TPSA) is 67.1 Å². The van der Waals surface area contributed by atoms with Gasteiger partial charge in [0.1, 0.15) is 12.1 Å². The van der Waals surface area contributed by atoms with Crippen LogP contribution in [0, 0.1) is 5.82 Å². The lowest BCUT2D eigenvalue weighted by atomic mass is 9.95. The highest BCUT2D eigenvalue weighted by Gasteiger charge is 2.45. The number of aliphatic imine (C=N–C) groups is 1. The third-order valence-electron chi connectivity index (χ3n) is 5.18. The van der Waals surface area contributed by atoms with Crippen LogP contribution < -0.4 is 10.6 Å². The molecule has 2 aromatic carbocycles. The van der Waals surface area contributed by atoms with Gasteiger partial charge >= 0.3 is 0 Å². The highest BCUT2D eigenvalue weighted by molar-refractivity contribution is 14.0. The normalized spacial score (nSPS) is 14.8. The molecule has 1 aliphatic rings. The van der Waals surface area contributed by atoms with Crippen molar-refractivity contribution in [1.29, 1.82) is 0 Å². The second kappa shape index (κ2) is 9.34. The molecule has 0 radical (unpaired) electrons. The zero-order valence-corrected chi connectivity index (χ0v) is 18.5. The Hall–Kier alpha value is -2.49. The van der Waals surface area contributed by atoms with E-state index in [9.17, 15) is 4.39 Å². The van der Waals surface area contributed by atoms with Crippen LogP contribution in [0.3, 0.4) is 0 Å². The summed E-state index contributed by atoms with van der Waals surface area (Å²) in [4.78, 5) is 4.28. The number of rotatable bonds is 6. The van der Waals surface area contributed by atoms with Crippen molar-refractivity contribution >= 4 is 29.9 Å². The van der Waals surface area contributed by atoms with Gasteiger partial charge in [-0.3, -0.25) is 9.56 Å². The van der Waals surface area contributed by atoms with Gasteiger partial charge in [-0.2, -0.15) is 0 Å². The second-order valence-corrected chi connectivity index (χ2v) is 6.99. The van der Waals surface area contributed by atoms with E-state index in [2.05, 4.69) is 25.8 Å². The van der Waals surface area contributed by atoms with E-state index in [1.807, 2.05) is 47.0 Å². The molecule has 0 bridgehead atoms. The van der Waals surface area contributed by atoms with E-state index in [1.165, 1.54) is 6.07 Å². The van der Waals surface area contributed by atoms with E-state index in [0.29, 0.717) is 19.0 Å². The fourth-order valence-electron chi connectivity index (χ4n) is 3.40. The van der Waals surface area contributed by atoms with Crippen LogP contribution in [0.15, 0.2) is 65.9 Å². The lowest BCUT2D eigenvalue weighted by Gasteiger charge is -2.19. The number of hydrogen-bond donors (Lipinski definition) is 2. The SMILES string of the molecule is CN=C(NCc1nncn1-c1ccccc1)NCC1(c2ccccc2F)CC1.I. The van der Waals surface area contributed by atoms with E-state index >= 15 is 0 Å². The van der Waals surface area contributed by atoms with E-state index < -0.39 is 0 Å². The van der Waals surface area contributed by atoms with Crippen molar-refractivity contribution in [2.75, 3.05) is 13.6 Å². The van der Waals surface area contributed by atoms with Crippen LogP contribution in [0.1, 0.15) is 24.2 Å². The van der Waals surface area contributed by atoms with Crippen LogP contribution in [0.25, 0.3) is 5.69 Å². The van der Waals surface area contributed by atoms with Crippen molar-refractivity contribution in [2.45, 2.75) is 24.8 Å². The summed E-state index contributed by atoms with van der Waals surface area (Å²) in [6.07, 6.45) is 3.64. The van der Waals surface area contributed by atoms with Gasteiger partial charge in [-0.05, 0) is 36.6 Å². The summed E-state index contributed by atoms with van der Waals surface area (Å²) in [5.74, 6) is 1.30. The van der Waals surface area contributed by atoms with Crippen LogP contribution in [0.5, 0.6) is 0 Å². The summed E-state index contributed by atoms with van der Waals surface area (Å²) in [5.41, 5.74) is 1.64. The molecule has 0 atom stereocenters. The first-order chi connectivity index (χ1) is 13.7. The first-order valence-electron chi connectivity index (χ1n) is 9.36. The summed E-state index contributed by atoms with van der Waals surface area (Å²) in [6, 6.07) is 17.0. The Labute approximate surface area is 186 Å². The lowest BCUT2D eigenvalue weighted by molar-refractivity contribution is 0.559. The monoisotopic (exact) mass is 506 g/mol. The van der Waals surface area contributed by atoms with E-state index in [1.54, 1.807) is 19.4 Å². The summed E-state index contributed by atoms with van der Waals surface area (Å²) in [7, 11) is 1.72. The Kier molecular flexibility index (Phi) is 6.83. The predicted octanol–water partition coefficient (Wildman–Crippen LogP) is 3.42. The number of nitrogens with one attached hydrogen (secondary N) is 2. The average molecular weight is 506 g/mol. The fourth-order valence-corrected chi connectivity index (χ4v) is 3.40. The molecule has 1 aliphatic carbocycles. The van der Waals surface area contributed by atoms with Crippen LogP contribution >= 0.6 is 24.0 Å². The molecule has 2 N–H and O–H groups in total. The molecule has 152 valence electrons. The molecule has 0 unspecified atom stereocenters. The smallest absolute Gasteiger partial charge is 0.191 e. The molecule has 0 saturated heterocycles. The number of nitrogens with zero attached hydrogens (tertiary/aromatic N) is 4. The lowest BCUT2D eigenvalue weighted by Crippen LogP contribution is -2.41. The zero-order valence-electron chi connectivity index (χ0n) is 16.2. The largest absolute Gasteiger partial charge is 0.356 e. The molecule has 6 nitrogen and oxygen atoms in total. The van der Waals surface area contributed by atoms with E-state index in [4.69, 9.17) is 0 Å². The summed E-state index contributed by atoms with van der Waals surface area (Å²) in [6.45, 7) is 1.11. The molecule has 1 heterocycles. The number of benzene rings is 2. The molecule has 0 amide bonds. The summed E-state index contributed by atoms with van der Waals surface area (Å²) < 4.78 is 16.1. The first-order valence-corrected chi connectivity index (χ1v) is 9.36. The molecule has 1 fully saturated rings. The Morgan fingerprint density at radius 2 is 1.83 bits per heavy atom. The van der Waals surface area contributed by atoms with Gasteiger partial charge in [0.15, 0.2) is 11.8 Å². The van der Waals surface area contributed by atoms with Gasteiger partial charge in [0.05, 0.1) is 6.54 Å². The van der Waals surface area contributed by atoms with Crippen LogP contribution in [0.2, 0.25) is 0 Å². The zero-order chi connectivity index (χ0) is 19.4. The maximum atomic E-state index is 14.2. The molecule has 3 aromatic rings. The molecule has 0 aliphatic heterocycles. The predicted molar refractivity (Wildman–Crippen MR) is 122 cm³/mol. The van der Waals surface area contributed by atoms with Gasteiger partial charge in [-0.15, -0.1) is 34.2 Å². The Balaban J connectivity index is 0.00000240. The van der Waals surface area contributed by atoms with Gasteiger partial charge in [0.25, 0.3) is 0 Å². The number of guanidine groups is 1. The Bertz CT molecular complexity index is 968. The number of hydrogen-bond acceptors (Lipinski definition) is 3. The van der Waals surface area contributed by atoms with Crippen molar-refractivity contribution in [1.82, 2.24) is 25.4 Å². The van der Waals surface area contributed by atoms with Crippen molar-refractivity contribution in [2.24, 2.45) is 4.99 Å². The summed E-state index contributed by atoms with van der Waals surface area (Å²) in [5, 5.41) is 14.8. The van der Waals surface area contributed by atoms with Crippen LogP contribution in [-0.4, -0.2) is 34.3 Å². The number of halogens is 2. The van der Waals surface area contributed by atoms with Crippen molar-refractivity contribution in [3.8, 4) is 5.69 Å².